The van der Waals surface area contributed by atoms with Crippen LogP contribution in [0.5, 0.6) is 0 Å². The van der Waals surface area contributed by atoms with Crippen LogP contribution in [0.3, 0.4) is 0 Å². The number of fused-ring (bicyclic) bond motifs is 1. The van der Waals surface area contributed by atoms with E-state index in [1.807, 2.05) is 37.4 Å². The first-order valence-electron chi connectivity index (χ1n) is 8.12. The molecule has 0 aliphatic carbocycles. The molecule has 2 heterocycles. The maximum absolute atomic E-state index is 12.5. The summed E-state index contributed by atoms with van der Waals surface area (Å²) in [6.45, 7) is 3.47. The number of nitrogens with one attached hydrogen (secondary N) is 1. The summed E-state index contributed by atoms with van der Waals surface area (Å²) in [6, 6.07) is 10.5. The van der Waals surface area contributed by atoms with Gasteiger partial charge < -0.3 is 5.32 Å². The summed E-state index contributed by atoms with van der Waals surface area (Å²) < 4.78 is 0. The largest absolute Gasteiger partial charge is 0.382 e. The number of nitrogens with zero attached hydrogens (tertiary/aromatic N) is 2. The van der Waals surface area contributed by atoms with Gasteiger partial charge in [0.1, 0.15) is 0 Å². The molecule has 1 aromatic carbocycles. The zero-order valence-electron chi connectivity index (χ0n) is 13.7. The molecule has 4 nitrogen and oxygen atoms in total. The highest BCUT2D eigenvalue weighted by molar-refractivity contribution is 5.98. The summed E-state index contributed by atoms with van der Waals surface area (Å²) in [4.78, 5) is 18.6. The number of ketones is 1. The van der Waals surface area contributed by atoms with Crippen LogP contribution in [0.2, 0.25) is 0 Å². The van der Waals surface area contributed by atoms with Gasteiger partial charge in [-0.05, 0) is 68.3 Å². The molecule has 1 aromatic heterocycles. The Morgan fingerprint density at radius 1 is 1.30 bits per heavy atom. The molecule has 0 bridgehead atoms. The SMILES string of the molecule is CC1Cc2cc(C(=O)CN(C)CCc3ccncc3)ccc2N1. The maximum Gasteiger partial charge on any atom is 0.176 e. The molecule has 3 rings (SSSR count). The average molecular weight is 309 g/mol. The molecule has 1 aliphatic heterocycles. The molecule has 120 valence electrons. The third-order valence-corrected chi connectivity index (χ3v) is 4.30. The van der Waals surface area contributed by atoms with Crippen molar-refractivity contribution in [3.63, 3.8) is 0 Å². The second-order valence-corrected chi connectivity index (χ2v) is 6.39. The molecule has 1 unspecified atom stereocenters. The second kappa shape index (κ2) is 6.92. The van der Waals surface area contributed by atoms with Crippen molar-refractivity contribution >= 4 is 11.5 Å². The standard InChI is InChI=1S/C19H23N3O/c1-14-11-17-12-16(3-4-18(17)21-14)19(23)13-22(2)10-7-15-5-8-20-9-6-15/h3-6,8-9,12,14,21H,7,10-11,13H2,1-2H3. The summed E-state index contributed by atoms with van der Waals surface area (Å²) >= 11 is 0. The van der Waals surface area contributed by atoms with Gasteiger partial charge in [0.2, 0.25) is 0 Å². The average Bonchev–Trinajstić information content (AvgIpc) is 2.93. The lowest BCUT2D eigenvalue weighted by molar-refractivity contribution is 0.0947. The van der Waals surface area contributed by atoms with Crippen molar-refractivity contribution in [2.75, 3.05) is 25.5 Å². The fourth-order valence-corrected chi connectivity index (χ4v) is 3.01. The molecule has 0 radical (unpaired) electrons. The van der Waals surface area contributed by atoms with Crippen LogP contribution >= 0.6 is 0 Å². The van der Waals surface area contributed by atoms with Crippen molar-refractivity contribution in [3.8, 4) is 0 Å². The van der Waals surface area contributed by atoms with Crippen LogP contribution in [-0.4, -0.2) is 41.8 Å². The van der Waals surface area contributed by atoms with Gasteiger partial charge in [-0.1, -0.05) is 0 Å². The maximum atomic E-state index is 12.5. The number of benzene rings is 1. The van der Waals surface area contributed by atoms with Crippen molar-refractivity contribution in [2.45, 2.75) is 25.8 Å². The van der Waals surface area contributed by atoms with Gasteiger partial charge in [-0.2, -0.15) is 0 Å². The van der Waals surface area contributed by atoms with Gasteiger partial charge in [-0.15, -0.1) is 0 Å². The van der Waals surface area contributed by atoms with Gasteiger partial charge >= 0.3 is 0 Å². The Morgan fingerprint density at radius 3 is 2.87 bits per heavy atom. The molecule has 0 saturated carbocycles. The Hall–Kier alpha value is -2.20. The van der Waals surface area contributed by atoms with E-state index in [-0.39, 0.29) is 5.78 Å². The highest BCUT2D eigenvalue weighted by Gasteiger charge is 2.18. The Balaban J connectivity index is 1.55. The van der Waals surface area contributed by atoms with Crippen LogP contribution in [0.1, 0.15) is 28.4 Å². The van der Waals surface area contributed by atoms with E-state index in [9.17, 15) is 4.79 Å². The number of aromatic nitrogens is 1. The molecule has 0 amide bonds. The van der Waals surface area contributed by atoms with Gasteiger partial charge in [0, 0.05) is 36.2 Å². The van der Waals surface area contributed by atoms with E-state index in [0.29, 0.717) is 12.6 Å². The Bertz CT molecular complexity index is 684. The highest BCUT2D eigenvalue weighted by Crippen LogP contribution is 2.26. The molecule has 2 aromatic rings. The minimum atomic E-state index is 0.185. The molecule has 0 fully saturated rings. The lowest BCUT2D eigenvalue weighted by Gasteiger charge is -2.16. The number of carbonyl (C=O) groups excluding carboxylic acids is 1. The number of anilines is 1. The molecule has 23 heavy (non-hydrogen) atoms. The third kappa shape index (κ3) is 3.96. The monoisotopic (exact) mass is 309 g/mol. The van der Waals surface area contributed by atoms with Crippen molar-refractivity contribution in [1.29, 1.82) is 0 Å². The minimum absolute atomic E-state index is 0.185. The van der Waals surface area contributed by atoms with Crippen LogP contribution in [0, 0.1) is 0 Å². The number of likely N-dealkylation sites (N-methyl/N-ethyl adjacent to an activating group) is 1. The first kappa shape index (κ1) is 15.7. The van der Waals surface area contributed by atoms with Crippen LogP contribution < -0.4 is 5.32 Å². The summed E-state index contributed by atoms with van der Waals surface area (Å²) in [5.41, 5.74) is 4.48. The number of Topliss-reactive ketones (excluding diaryl/α,β-unsaturated/α-hetero) is 1. The van der Waals surface area contributed by atoms with Crippen LogP contribution in [-0.2, 0) is 12.8 Å². The van der Waals surface area contributed by atoms with Crippen molar-refractivity contribution < 1.29 is 4.79 Å². The Kier molecular flexibility index (Phi) is 4.72. The number of hydrogen-bond acceptors (Lipinski definition) is 4. The quantitative estimate of drug-likeness (QED) is 0.834. The van der Waals surface area contributed by atoms with Gasteiger partial charge in [0.25, 0.3) is 0 Å². The van der Waals surface area contributed by atoms with Gasteiger partial charge in [0.05, 0.1) is 6.54 Å². The Labute approximate surface area is 137 Å². The predicted molar refractivity (Wildman–Crippen MR) is 93.0 cm³/mol. The van der Waals surface area contributed by atoms with E-state index < -0.39 is 0 Å². The van der Waals surface area contributed by atoms with Crippen molar-refractivity contribution in [3.05, 3.63) is 59.4 Å². The topological polar surface area (TPSA) is 45.2 Å². The number of carbonyl (C=O) groups is 1. The summed E-state index contributed by atoms with van der Waals surface area (Å²) in [5.74, 6) is 0.185. The molecule has 1 atom stereocenters. The molecular weight excluding hydrogens is 286 g/mol. The lowest BCUT2D eigenvalue weighted by Crippen LogP contribution is -2.28. The van der Waals surface area contributed by atoms with E-state index in [4.69, 9.17) is 0 Å². The zero-order valence-corrected chi connectivity index (χ0v) is 13.7. The minimum Gasteiger partial charge on any atom is -0.382 e. The van der Waals surface area contributed by atoms with E-state index in [0.717, 1.165) is 24.9 Å². The summed E-state index contributed by atoms with van der Waals surface area (Å²) in [5, 5.41) is 3.42. The number of rotatable bonds is 6. The summed E-state index contributed by atoms with van der Waals surface area (Å²) in [6.07, 6.45) is 5.53. The zero-order chi connectivity index (χ0) is 16.2. The first-order chi connectivity index (χ1) is 11.1. The fourth-order valence-electron chi connectivity index (χ4n) is 3.01. The van der Waals surface area contributed by atoms with E-state index in [1.54, 1.807) is 12.4 Å². The Morgan fingerprint density at radius 2 is 2.09 bits per heavy atom. The number of hydrogen-bond donors (Lipinski definition) is 1. The lowest BCUT2D eigenvalue weighted by atomic mass is 10.0. The molecule has 0 saturated heterocycles. The molecule has 4 heteroatoms. The van der Waals surface area contributed by atoms with Gasteiger partial charge in [0.15, 0.2) is 5.78 Å². The van der Waals surface area contributed by atoms with Crippen LogP contribution in [0.25, 0.3) is 0 Å². The highest BCUT2D eigenvalue weighted by atomic mass is 16.1. The third-order valence-electron chi connectivity index (χ3n) is 4.30. The molecule has 1 aliphatic rings. The van der Waals surface area contributed by atoms with Crippen LogP contribution in [0.4, 0.5) is 5.69 Å². The van der Waals surface area contributed by atoms with Crippen LogP contribution in [0.15, 0.2) is 42.7 Å². The van der Waals surface area contributed by atoms with E-state index in [1.165, 1.54) is 16.8 Å². The van der Waals surface area contributed by atoms with E-state index in [2.05, 4.69) is 22.1 Å². The molecule has 1 N–H and O–H groups in total. The predicted octanol–water partition coefficient (Wildman–Crippen LogP) is 2.80. The smallest absolute Gasteiger partial charge is 0.176 e. The molecular formula is C19H23N3O. The van der Waals surface area contributed by atoms with E-state index >= 15 is 0 Å². The second-order valence-electron chi connectivity index (χ2n) is 6.39. The van der Waals surface area contributed by atoms with Gasteiger partial charge in [-0.25, -0.2) is 0 Å². The molecule has 0 spiro atoms. The fraction of sp³-hybridized carbons (Fsp3) is 0.368. The van der Waals surface area contributed by atoms with Crippen molar-refractivity contribution in [2.24, 2.45) is 0 Å². The van der Waals surface area contributed by atoms with Crippen molar-refractivity contribution in [1.82, 2.24) is 9.88 Å². The van der Waals surface area contributed by atoms with Gasteiger partial charge in [-0.3, -0.25) is 14.7 Å². The summed E-state index contributed by atoms with van der Waals surface area (Å²) in [7, 11) is 2.00. The number of pyridine rings is 1. The first-order valence-corrected chi connectivity index (χ1v) is 8.12. The normalized spacial score (nSPS) is 16.2.